The lowest BCUT2D eigenvalue weighted by molar-refractivity contribution is 0.0701. The van der Waals surface area contributed by atoms with Crippen molar-refractivity contribution < 1.29 is 9.90 Å². The lowest BCUT2D eigenvalue weighted by Gasteiger charge is -2.09. The first kappa shape index (κ1) is 9.68. The highest BCUT2D eigenvalue weighted by Crippen LogP contribution is 2.31. The molecular weight excluding hydrogens is 198 g/mol. The maximum absolute atomic E-state index is 10.8. The molecule has 1 fully saturated rings. The minimum absolute atomic E-state index is 0.374. The van der Waals surface area contributed by atoms with E-state index in [2.05, 4.69) is 5.32 Å². The molecule has 0 aromatic carbocycles. The second-order valence-corrected chi connectivity index (χ2v) is 4.48. The van der Waals surface area contributed by atoms with Crippen LogP contribution in [0.15, 0.2) is 5.38 Å². The molecule has 3 nitrogen and oxygen atoms in total. The van der Waals surface area contributed by atoms with Gasteiger partial charge < -0.3 is 10.4 Å². The normalized spacial score (nSPS) is 21.4. The van der Waals surface area contributed by atoms with Crippen molar-refractivity contribution in [2.24, 2.45) is 0 Å². The van der Waals surface area contributed by atoms with Gasteiger partial charge in [0.05, 0.1) is 0 Å². The van der Waals surface area contributed by atoms with Crippen molar-refractivity contribution >= 4 is 17.3 Å². The summed E-state index contributed by atoms with van der Waals surface area (Å²) in [5.41, 5.74) is 2.10. The molecule has 0 radical (unpaired) electrons. The maximum Gasteiger partial charge on any atom is 0.346 e. The zero-order valence-electron chi connectivity index (χ0n) is 8.04. The minimum atomic E-state index is -0.809. The van der Waals surface area contributed by atoms with Crippen LogP contribution < -0.4 is 5.32 Å². The molecule has 76 valence electrons. The second kappa shape index (κ2) is 3.71. The molecule has 1 aliphatic heterocycles. The van der Waals surface area contributed by atoms with Gasteiger partial charge in [0, 0.05) is 6.04 Å². The van der Waals surface area contributed by atoms with Crippen molar-refractivity contribution in [2.45, 2.75) is 25.8 Å². The SMILES string of the molecule is Cc1c(C2CCCN2)csc1C(=O)O. The fourth-order valence-electron chi connectivity index (χ4n) is 1.93. The predicted molar refractivity (Wildman–Crippen MR) is 56.0 cm³/mol. The Labute approximate surface area is 86.8 Å². The Kier molecular flexibility index (Phi) is 2.56. The maximum atomic E-state index is 10.8. The number of carbonyl (C=O) groups is 1. The molecule has 1 saturated heterocycles. The van der Waals surface area contributed by atoms with Crippen molar-refractivity contribution in [2.75, 3.05) is 6.54 Å². The smallest absolute Gasteiger partial charge is 0.346 e. The molecule has 0 aliphatic carbocycles. The minimum Gasteiger partial charge on any atom is -0.477 e. The summed E-state index contributed by atoms with van der Waals surface area (Å²) < 4.78 is 0. The van der Waals surface area contributed by atoms with E-state index in [1.165, 1.54) is 23.3 Å². The third-order valence-electron chi connectivity index (χ3n) is 2.71. The molecule has 2 heterocycles. The summed E-state index contributed by atoms with van der Waals surface area (Å²) in [6.07, 6.45) is 2.30. The van der Waals surface area contributed by atoms with Gasteiger partial charge in [-0.2, -0.15) is 0 Å². The molecule has 1 aromatic rings. The van der Waals surface area contributed by atoms with Crippen LogP contribution in [0, 0.1) is 6.92 Å². The zero-order chi connectivity index (χ0) is 10.1. The van der Waals surface area contributed by atoms with E-state index in [0.29, 0.717) is 10.9 Å². The number of rotatable bonds is 2. The van der Waals surface area contributed by atoms with Gasteiger partial charge in [0.1, 0.15) is 4.88 Å². The van der Waals surface area contributed by atoms with Gasteiger partial charge in [0.15, 0.2) is 0 Å². The molecule has 0 spiro atoms. The van der Waals surface area contributed by atoms with Crippen LogP contribution >= 0.6 is 11.3 Å². The van der Waals surface area contributed by atoms with Crippen molar-refractivity contribution in [1.29, 1.82) is 0 Å². The van der Waals surface area contributed by atoms with Gasteiger partial charge in [-0.3, -0.25) is 0 Å². The van der Waals surface area contributed by atoms with Crippen LogP contribution in [0.1, 0.15) is 39.7 Å². The number of aromatic carboxylic acids is 1. The van der Waals surface area contributed by atoms with Gasteiger partial charge in [-0.1, -0.05) is 0 Å². The van der Waals surface area contributed by atoms with Crippen LogP contribution in [-0.2, 0) is 0 Å². The standard InChI is InChI=1S/C10H13NO2S/c1-6-7(8-3-2-4-11-8)5-14-9(6)10(12)13/h5,8,11H,2-4H2,1H3,(H,12,13). The van der Waals surface area contributed by atoms with Crippen LogP contribution in [0.2, 0.25) is 0 Å². The van der Waals surface area contributed by atoms with Gasteiger partial charge >= 0.3 is 5.97 Å². The molecule has 0 amide bonds. The van der Waals surface area contributed by atoms with Gasteiger partial charge in [-0.15, -0.1) is 11.3 Å². The molecule has 1 unspecified atom stereocenters. The summed E-state index contributed by atoms with van der Waals surface area (Å²) >= 11 is 1.33. The predicted octanol–water partition coefficient (Wildman–Crippen LogP) is 2.18. The highest BCUT2D eigenvalue weighted by atomic mass is 32.1. The average molecular weight is 211 g/mol. The number of carboxylic acids is 1. The topological polar surface area (TPSA) is 49.3 Å². The fourth-order valence-corrected chi connectivity index (χ4v) is 2.92. The fraction of sp³-hybridized carbons (Fsp3) is 0.500. The van der Waals surface area contributed by atoms with Crippen LogP contribution in [0.25, 0.3) is 0 Å². The lowest BCUT2D eigenvalue weighted by atomic mass is 10.0. The summed E-state index contributed by atoms with van der Waals surface area (Å²) in [6, 6.07) is 0.374. The summed E-state index contributed by atoms with van der Waals surface area (Å²) in [6.45, 7) is 2.94. The molecule has 2 N–H and O–H groups in total. The van der Waals surface area contributed by atoms with Crippen LogP contribution in [-0.4, -0.2) is 17.6 Å². The van der Waals surface area contributed by atoms with E-state index in [0.717, 1.165) is 18.5 Å². The summed E-state index contributed by atoms with van der Waals surface area (Å²) in [4.78, 5) is 11.3. The van der Waals surface area contributed by atoms with E-state index in [1.54, 1.807) is 0 Å². The Morgan fingerprint density at radius 1 is 1.71 bits per heavy atom. The van der Waals surface area contributed by atoms with Crippen LogP contribution in [0.4, 0.5) is 0 Å². The quantitative estimate of drug-likeness (QED) is 0.788. The third kappa shape index (κ3) is 1.55. The van der Waals surface area contributed by atoms with E-state index >= 15 is 0 Å². The molecule has 1 aliphatic rings. The summed E-state index contributed by atoms with van der Waals surface area (Å²) in [5.74, 6) is -0.809. The van der Waals surface area contributed by atoms with Crippen molar-refractivity contribution in [3.63, 3.8) is 0 Å². The first-order valence-electron chi connectivity index (χ1n) is 4.75. The summed E-state index contributed by atoms with van der Waals surface area (Å²) in [5, 5.41) is 14.3. The highest BCUT2D eigenvalue weighted by Gasteiger charge is 2.22. The van der Waals surface area contributed by atoms with Crippen LogP contribution in [0.3, 0.4) is 0 Å². The molecule has 2 rings (SSSR count). The van der Waals surface area contributed by atoms with Crippen LogP contribution in [0.5, 0.6) is 0 Å². The number of hydrogen-bond acceptors (Lipinski definition) is 3. The number of thiophene rings is 1. The molecule has 1 aromatic heterocycles. The molecule has 1 atom stereocenters. The highest BCUT2D eigenvalue weighted by molar-refractivity contribution is 7.12. The molecule has 4 heteroatoms. The van der Waals surface area contributed by atoms with E-state index < -0.39 is 5.97 Å². The third-order valence-corrected chi connectivity index (χ3v) is 3.80. The largest absolute Gasteiger partial charge is 0.477 e. The van der Waals surface area contributed by atoms with Gasteiger partial charge in [0.2, 0.25) is 0 Å². The first-order chi connectivity index (χ1) is 6.70. The van der Waals surface area contributed by atoms with E-state index in [9.17, 15) is 4.79 Å². The van der Waals surface area contributed by atoms with E-state index in [4.69, 9.17) is 5.11 Å². The second-order valence-electron chi connectivity index (χ2n) is 3.60. The number of nitrogens with one attached hydrogen (secondary N) is 1. The molecular formula is C10H13NO2S. The Hall–Kier alpha value is -0.870. The van der Waals surface area contributed by atoms with Gasteiger partial charge in [-0.25, -0.2) is 4.79 Å². The number of carboxylic acid groups (broad SMARTS) is 1. The van der Waals surface area contributed by atoms with Gasteiger partial charge in [-0.05, 0) is 42.8 Å². The Morgan fingerprint density at radius 2 is 2.50 bits per heavy atom. The van der Waals surface area contributed by atoms with Crippen molar-refractivity contribution in [1.82, 2.24) is 5.32 Å². The van der Waals surface area contributed by atoms with E-state index in [1.807, 2.05) is 12.3 Å². The first-order valence-corrected chi connectivity index (χ1v) is 5.63. The van der Waals surface area contributed by atoms with Crippen molar-refractivity contribution in [3.8, 4) is 0 Å². The molecule has 14 heavy (non-hydrogen) atoms. The van der Waals surface area contributed by atoms with Gasteiger partial charge in [0.25, 0.3) is 0 Å². The zero-order valence-corrected chi connectivity index (χ0v) is 8.86. The average Bonchev–Trinajstić information content (AvgIpc) is 2.71. The monoisotopic (exact) mass is 211 g/mol. The molecule has 0 saturated carbocycles. The number of hydrogen-bond donors (Lipinski definition) is 2. The Morgan fingerprint density at radius 3 is 3.00 bits per heavy atom. The lowest BCUT2D eigenvalue weighted by Crippen LogP contribution is -2.13. The molecule has 0 bridgehead atoms. The summed E-state index contributed by atoms with van der Waals surface area (Å²) in [7, 11) is 0. The Balaban J connectivity index is 2.30. The van der Waals surface area contributed by atoms with Crippen molar-refractivity contribution in [3.05, 3.63) is 21.4 Å². The van der Waals surface area contributed by atoms with E-state index in [-0.39, 0.29) is 0 Å². The Bertz CT molecular complexity index is 353.